The molecule has 5 rings (SSSR count). The van der Waals surface area contributed by atoms with Crippen LogP contribution < -0.4 is 10.4 Å². The van der Waals surface area contributed by atoms with Gasteiger partial charge in [0.15, 0.2) is 0 Å². The van der Waals surface area contributed by atoms with E-state index in [-0.39, 0.29) is 10.6 Å². The summed E-state index contributed by atoms with van der Waals surface area (Å²) in [6, 6.07) is 6.99. The van der Waals surface area contributed by atoms with E-state index in [9.17, 15) is 10.1 Å². The number of thiophene rings is 1. The van der Waals surface area contributed by atoms with Crippen LogP contribution in [0.2, 0.25) is 0 Å². The van der Waals surface area contributed by atoms with Crippen LogP contribution in [-0.2, 0) is 19.5 Å². The van der Waals surface area contributed by atoms with E-state index in [2.05, 4.69) is 26.7 Å². The second-order valence-electron chi connectivity index (χ2n) is 8.89. The Balaban J connectivity index is 1.19. The van der Waals surface area contributed by atoms with Crippen molar-refractivity contribution in [2.45, 2.75) is 25.9 Å². The zero-order valence-corrected chi connectivity index (χ0v) is 19.7. The highest BCUT2D eigenvalue weighted by Crippen LogP contribution is 2.32. The van der Waals surface area contributed by atoms with Crippen LogP contribution in [0, 0.1) is 15.5 Å². The molecular weight excluding hydrogens is 438 g/mol. The molecule has 1 saturated heterocycles. The summed E-state index contributed by atoms with van der Waals surface area (Å²) in [7, 11) is 2.14. The van der Waals surface area contributed by atoms with E-state index in [1.165, 1.54) is 10.4 Å². The molecule has 1 aromatic carbocycles. The molecule has 0 spiro atoms. The lowest BCUT2D eigenvalue weighted by Gasteiger charge is -2.35. The van der Waals surface area contributed by atoms with Crippen LogP contribution in [0.4, 0.5) is 11.4 Å². The second-order valence-corrected chi connectivity index (χ2v) is 9.97. The number of piperazine rings is 1. The summed E-state index contributed by atoms with van der Waals surface area (Å²) in [5.41, 5.74) is 2.80. The third kappa shape index (κ3) is 4.38. The van der Waals surface area contributed by atoms with Gasteiger partial charge in [0.05, 0.1) is 16.6 Å². The standard InChI is InChI=1S/C23H29N7O2S/c1-26-10-7-17-20(15-26)33-23-21(17)22(24)29(16-25-23)9-4-8-27-11-13-28(14-12-27)18-5-2-3-6-19(18)30(31)32/h2-3,5-6,16,24H,4,7-15H2,1H3. The Morgan fingerprint density at radius 1 is 1.15 bits per heavy atom. The van der Waals surface area contributed by atoms with Gasteiger partial charge in [-0.25, -0.2) is 4.98 Å². The van der Waals surface area contributed by atoms with Gasteiger partial charge in [-0.1, -0.05) is 12.1 Å². The van der Waals surface area contributed by atoms with Crippen LogP contribution in [0.1, 0.15) is 16.9 Å². The molecule has 1 N–H and O–H groups in total. The quantitative estimate of drug-likeness (QED) is 0.443. The summed E-state index contributed by atoms with van der Waals surface area (Å²) in [5.74, 6) is 0. The number of para-hydroxylation sites is 2. The van der Waals surface area contributed by atoms with Crippen LogP contribution in [-0.4, -0.2) is 70.6 Å². The van der Waals surface area contributed by atoms with Gasteiger partial charge in [-0.15, -0.1) is 11.3 Å². The minimum Gasteiger partial charge on any atom is -0.363 e. The largest absolute Gasteiger partial charge is 0.363 e. The predicted molar refractivity (Wildman–Crippen MR) is 130 cm³/mol. The second kappa shape index (κ2) is 9.20. The van der Waals surface area contributed by atoms with Gasteiger partial charge in [-0.05, 0) is 38.1 Å². The molecule has 2 aromatic heterocycles. The lowest BCUT2D eigenvalue weighted by Crippen LogP contribution is -2.47. The monoisotopic (exact) mass is 467 g/mol. The molecule has 1 fully saturated rings. The molecule has 0 atom stereocenters. The van der Waals surface area contributed by atoms with Gasteiger partial charge in [-0.3, -0.25) is 20.4 Å². The SMILES string of the molecule is CN1CCc2c(sc3ncn(CCCN4CCN(c5ccccc5[N+](=O)[O-])CC4)c(=N)c23)C1. The minimum absolute atomic E-state index is 0.176. The van der Waals surface area contributed by atoms with Gasteiger partial charge < -0.3 is 14.4 Å². The summed E-state index contributed by atoms with van der Waals surface area (Å²) in [4.78, 5) is 24.9. The molecule has 0 unspecified atom stereocenters. The van der Waals surface area contributed by atoms with Crippen molar-refractivity contribution in [1.82, 2.24) is 19.4 Å². The van der Waals surface area contributed by atoms with Gasteiger partial charge in [0.2, 0.25) is 0 Å². The molecule has 0 radical (unpaired) electrons. The van der Waals surface area contributed by atoms with Gasteiger partial charge in [0.25, 0.3) is 5.69 Å². The van der Waals surface area contributed by atoms with Crippen molar-refractivity contribution in [3.05, 3.63) is 56.6 Å². The highest BCUT2D eigenvalue weighted by Gasteiger charge is 2.23. The number of likely N-dealkylation sites (N-methyl/N-ethyl adjacent to an activating group) is 1. The first-order chi connectivity index (χ1) is 16.0. The van der Waals surface area contributed by atoms with E-state index >= 15 is 0 Å². The first kappa shape index (κ1) is 22.0. The van der Waals surface area contributed by atoms with Gasteiger partial charge in [0, 0.05) is 56.8 Å². The number of rotatable bonds is 6. The first-order valence-electron chi connectivity index (χ1n) is 11.4. The lowest BCUT2D eigenvalue weighted by atomic mass is 10.1. The van der Waals surface area contributed by atoms with Gasteiger partial charge in [-0.2, -0.15) is 0 Å². The van der Waals surface area contributed by atoms with E-state index in [0.717, 1.165) is 75.4 Å². The molecule has 9 nitrogen and oxygen atoms in total. The maximum absolute atomic E-state index is 11.3. The lowest BCUT2D eigenvalue weighted by molar-refractivity contribution is -0.384. The summed E-state index contributed by atoms with van der Waals surface area (Å²) >= 11 is 1.73. The fourth-order valence-electron chi connectivity index (χ4n) is 4.91. The number of benzene rings is 1. The van der Waals surface area contributed by atoms with E-state index in [1.807, 2.05) is 23.0 Å². The topological polar surface area (TPSA) is 94.5 Å². The molecule has 2 aliphatic rings. The highest BCUT2D eigenvalue weighted by molar-refractivity contribution is 7.18. The summed E-state index contributed by atoms with van der Waals surface area (Å²) < 4.78 is 1.98. The predicted octanol–water partition coefficient (Wildman–Crippen LogP) is 2.69. The molecule has 174 valence electrons. The molecule has 0 bridgehead atoms. The molecule has 10 heteroatoms. The average Bonchev–Trinajstić information content (AvgIpc) is 3.19. The minimum atomic E-state index is -0.300. The molecule has 2 aliphatic heterocycles. The molecule has 0 amide bonds. The van der Waals surface area contributed by atoms with Crippen molar-refractivity contribution in [1.29, 1.82) is 5.41 Å². The zero-order chi connectivity index (χ0) is 22.9. The molecular formula is C23H29N7O2S. The third-order valence-electron chi connectivity index (χ3n) is 6.73. The Bertz CT molecular complexity index is 1230. The summed E-state index contributed by atoms with van der Waals surface area (Å²) in [5, 5.41) is 21.2. The van der Waals surface area contributed by atoms with E-state index in [0.29, 0.717) is 11.2 Å². The maximum atomic E-state index is 11.3. The molecule has 0 saturated carbocycles. The Morgan fingerprint density at radius 2 is 1.94 bits per heavy atom. The number of hydrogen-bond acceptors (Lipinski definition) is 8. The van der Waals surface area contributed by atoms with E-state index < -0.39 is 0 Å². The van der Waals surface area contributed by atoms with E-state index in [4.69, 9.17) is 5.41 Å². The van der Waals surface area contributed by atoms with Crippen LogP contribution in [0.25, 0.3) is 10.2 Å². The van der Waals surface area contributed by atoms with Crippen LogP contribution in [0.15, 0.2) is 30.6 Å². The Labute approximate surface area is 196 Å². The van der Waals surface area contributed by atoms with Crippen molar-refractivity contribution < 1.29 is 4.92 Å². The van der Waals surface area contributed by atoms with Crippen molar-refractivity contribution >= 4 is 32.9 Å². The number of nitro groups is 1. The third-order valence-corrected chi connectivity index (χ3v) is 7.86. The fraction of sp³-hybridized carbons (Fsp3) is 0.478. The maximum Gasteiger partial charge on any atom is 0.292 e. The number of nitrogens with zero attached hydrogens (tertiary/aromatic N) is 6. The van der Waals surface area contributed by atoms with E-state index in [1.54, 1.807) is 23.5 Å². The number of aromatic nitrogens is 2. The number of aryl methyl sites for hydroxylation is 1. The summed E-state index contributed by atoms with van der Waals surface area (Å²) in [6.45, 7) is 7.04. The smallest absolute Gasteiger partial charge is 0.292 e. The normalized spacial score (nSPS) is 17.4. The molecule has 33 heavy (non-hydrogen) atoms. The first-order valence-corrected chi connectivity index (χ1v) is 12.3. The molecule has 0 aliphatic carbocycles. The Morgan fingerprint density at radius 3 is 2.73 bits per heavy atom. The van der Waals surface area contributed by atoms with Crippen molar-refractivity contribution in [3.63, 3.8) is 0 Å². The number of nitro benzene ring substituents is 1. The van der Waals surface area contributed by atoms with Crippen molar-refractivity contribution in [3.8, 4) is 0 Å². The van der Waals surface area contributed by atoms with Crippen LogP contribution in [0.5, 0.6) is 0 Å². The van der Waals surface area contributed by atoms with Crippen molar-refractivity contribution in [2.75, 3.05) is 51.2 Å². The molecule has 4 heterocycles. The number of anilines is 1. The number of fused-ring (bicyclic) bond motifs is 3. The molecule has 3 aromatic rings. The fourth-order valence-corrected chi connectivity index (χ4v) is 6.18. The number of nitrogens with one attached hydrogen (secondary N) is 1. The van der Waals surface area contributed by atoms with Crippen LogP contribution >= 0.6 is 11.3 Å². The highest BCUT2D eigenvalue weighted by atomic mass is 32.1. The Hall–Kier alpha value is -2.82. The average molecular weight is 468 g/mol. The van der Waals surface area contributed by atoms with Crippen LogP contribution in [0.3, 0.4) is 0 Å². The zero-order valence-electron chi connectivity index (χ0n) is 18.9. The summed E-state index contributed by atoms with van der Waals surface area (Å²) in [6.07, 6.45) is 3.76. The Kier molecular flexibility index (Phi) is 6.13. The van der Waals surface area contributed by atoms with Crippen molar-refractivity contribution in [2.24, 2.45) is 0 Å². The number of hydrogen-bond donors (Lipinski definition) is 1. The van der Waals surface area contributed by atoms with Gasteiger partial charge in [0.1, 0.15) is 16.0 Å². The van der Waals surface area contributed by atoms with Gasteiger partial charge >= 0.3 is 0 Å².